The molecule has 0 bridgehead atoms. The van der Waals surface area contributed by atoms with Crippen LogP contribution >= 0.6 is 0 Å². The summed E-state index contributed by atoms with van der Waals surface area (Å²) in [6, 6.07) is 20.4. The fourth-order valence-electron chi connectivity index (χ4n) is 2.21. The van der Waals surface area contributed by atoms with E-state index in [1.165, 1.54) is 12.3 Å². The number of rotatable bonds is 4. The summed E-state index contributed by atoms with van der Waals surface area (Å²) in [6.07, 6.45) is 4.56. The van der Waals surface area contributed by atoms with Crippen LogP contribution in [0.3, 0.4) is 0 Å². The van der Waals surface area contributed by atoms with Gasteiger partial charge in [0.1, 0.15) is 0 Å². The van der Waals surface area contributed by atoms with E-state index in [-0.39, 0.29) is 11.1 Å². The van der Waals surface area contributed by atoms with Crippen LogP contribution < -0.4 is 11.2 Å². The minimum Gasteiger partial charge on any atom is -0.405 e. The lowest BCUT2D eigenvalue weighted by Gasteiger charge is -2.07. The zero-order chi connectivity index (χ0) is 16.8. The topological polar surface area (TPSA) is 73.3 Å². The second-order valence-corrected chi connectivity index (χ2v) is 5.00. The Balaban J connectivity index is 2.12. The summed E-state index contributed by atoms with van der Waals surface area (Å²) in [7, 11) is 0. The lowest BCUT2D eigenvalue weighted by atomic mass is 10.2. The maximum absolute atomic E-state index is 12.3. The molecular formula is C19H16N4O. The average molecular weight is 316 g/mol. The van der Waals surface area contributed by atoms with Crippen molar-refractivity contribution < 1.29 is 0 Å². The second kappa shape index (κ2) is 7.19. The molecule has 5 heteroatoms. The highest BCUT2D eigenvalue weighted by Gasteiger charge is 2.09. The predicted molar refractivity (Wildman–Crippen MR) is 95.8 cm³/mol. The van der Waals surface area contributed by atoms with Gasteiger partial charge < -0.3 is 5.73 Å². The van der Waals surface area contributed by atoms with Crippen LogP contribution in [-0.2, 0) is 0 Å². The summed E-state index contributed by atoms with van der Waals surface area (Å²) in [5.74, 6) is 0. The van der Waals surface area contributed by atoms with Crippen molar-refractivity contribution in [3.63, 3.8) is 0 Å². The smallest absolute Gasteiger partial charge is 0.209 e. The van der Waals surface area contributed by atoms with E-state index in [1.54, 1.807) is 17.0 Å². The summed E-state index contributed by atoms with van der Waals surface area (Å²) in [6.45, 7) is 0. The molecule has 0 saturated carbocycles. The van der Waals surface area contributed by atoms with Crippen molar-refractivity contribution in [2.24, 2.45) is 10.7 Å². The van der Waals surface area contributed by atoms with E-state index < -0.39 is 0 Å². The number of nitrogens with two attached hydrogens (primary N) is 1. The number of aliphatic imine (C=N–C) groups is 1. The first-order valence-electron chi connectivity index (χ1n) is 7.46. The molecule has 0 atom stereocenters. The van der Waals surface area contributed by atoms with Crippen molar-refractivity contribution in [1.29, 1.82) is 0 Å². The van der Waals surface area contributed by atoms with E-state index in [9.17, 15) is 4.79 Å². The number of hydrogen-bond acceptors (Lipinski definition) is 4. The third-order valence-electron chi connectivity index (χ3n) is 3.33. The maximum Gasteiger partial charge on any atom is 0.209 e. The van der Waals surface area contributed by atoms with Crippen molar-refractivity contribution in [1.82, 2.24) is 9.78 Å². The summed E-state index contributed by atoms with van der Waals surface area (Å²) in [4.78, 5) is 16.8. The number of allylic oxidation sites excluding steroid dienone is 1. The number of nitrogens with zero attached hydrogens (tertiary/aromatic N) is 3. The van der Waals surface area contributed by atoms with Crippen LogP contribution in [0.15, 0.2) is 95.0 Å². The van der Waals surface area contributed by atoms with E-state index in [2.05, 4.69) is 10.1 Å². The van der Waals surface area contributed by atoms with Gasteiger partial charge in [0.15, 0.2) is 5.69 Å². The molecule has 0 fully saturated rings. The van der Waals surface area contributed by atoms with E-state index >= 15 is 0 Å². The lowest BCUT2D eigenvalue weighted by Crippen LogP contribution is -2.20. The summed E-state index contributed by atoms with van der Waals surface area (Å²) >= 11 is 0. The molecule has 2 aromatic carbocycles. The Bertz CT molecular complexity index is 928. The van der Waals surface area contributed by atoms with Crippen LogP contribution in [0.4, 0.5) is 5.69 Å². The van der Waals surface area contributed by atoms with Crippen molar-refractivity contribution in [3.8, 4) is 5.69 Å². The molecule has 0 amide bonds. The molecule has 118 valence electrons. The minimum atomic E-state index is -0.213. The van der Waals surface area contributed by atoms with Gasteiger partial charge >= 0.3 is 0 Å². The Kier molecular flexibility index (Phi) is 4.62. The van der Waals surface area contributed by atoms with Gasteiger partial charge in [-0.2, -0.15) is 5.10 Å². The molecule has 1 aromatic heterocycles. The first-order chi connectivity index (χ1) is 11.8. The molecule has 0 aliphatic carbocycles. The van der Waals surface area contributed by atoms with Crippen LogP contribution in [0.5, 0.6) is 0 Å². The Labute approximate surface area is 139 Å². The quantitative estimate of drug-likeness (QED) is 0.752. The molecule has 0 aliphatic heterocycles. The first kappa shape index (κ1) is 15.4. The monoisotopic (exact) mass is 316 g/mol. The second-order valence-electron chi connectivity index (χ2n) is 5.00. The highest BCUT2D eigenvalue weighted by Crippen LogP contribution is 2.12. The Morgan fingerprint density at radius 3 is 2.33 bits per heavy atom. The lowest BCUT2D eigenvalue weighted by molar-refractivity contribution is 0.829. The van der Waals surface area contributed by atoms with E-state index in [0.717, 1.165) is 11.4 Å². The first-order valence-corrected chi connectivity index (χ1v) is 7.46. The molecule has 0 radical (unpaired) electrons. The van der Waals surface area contributed by atoms with Gasteiger partial charge in [0.2, 0.25) is 5.43 Å². The van der Waals surface area contributed by atoms with E-state index in [4.69, 9.17) is 5.73 Å². The van der Waals surface area contributed by atoms with Crippen molar-refractivity contribution in [2.45, 2.75) is 0 Å². The normalized spacial score (nSPS) is 11.8. The third-order valence-corrected chi connectivity index (χ3v) is 3.33. The Morgan fingerprint density at radius 2 is 1.67 bits per heavy atom. The molecule has 0 unspecified atom stereocenters. The molecule has 0 spiro atoms. The fourth-order valence-corrected chi connectivity index (χ4v) is 2.21. The van der Waals surface area contributed by atoms with Crippen LogP contribution in [-0.4, -0.2) is 15.5 Å². The average Bonchev–Trinajstić information content (AvgIpc) is 2.63. The van der Waals surface area contributed by atoms with Gasteiger partial charge in [-0.15, -0.1) is 0 Å². The highest BCUT2D eigenvalue weighted by molar-refractivity contribution is 6.08. The zero-order valence-electron chi connectivity index (χ0n) is 12.9. The third kappa shape index (κ3) is 3.47. The maximum atomic E-state index is 12.3. The summed E-state index contributed by atoms with van der Waals surface area (Å²) in [5, 5.41) is 4.42. The summed E-state index contributed by atoms with van der Waals surface area (Å²) < 4.78 is 1.64. The van der Waals surface area contributed by atoms with E-state index in [1.807, 2.05) is 60.7 Å². The number of aromatic nitrogens is 2. The van der Waals surface area contributed by atoms with Gasteiger partial charge in [0.25, 0.3) is 0 Å². The molecule has 0 saturated heterocycles. The minimum absolute atomic E-state index is 0.213. The highest BCUT2D eigenvalue weighted by atomic mass is 16.1. The van der Waals surface area contributed by atoms with Gasteiger partial charge in [-0.3, -0.25) is 4.79 Å². The standard InChI is InChI=1S/C19H16N4O/c20-13-11-17(21-15-7-3-1-4-8-15)19-18(24)12-14-23(22-19)16-9-5-2-6-10-16/h1-14H,20H2. The van der Waals surface area contributed by atoms with Crippen LogP contribution in [0.25, 0.3) is 5.69 Å². The van der Waals surface area contributed by atoms with Crippen molar-refractivity contribution >= 4 is 11.4 Å². The Morgan fingerprint density at radius 1 is 1.00 bits per heavy atom. The van der Waals surface area contributed by atoms with E-state index in [0.29, 0.717) is 5.71 Å². The molecule has 5 nitrogen and oxygen atoms in total. The fraction of sp³-hybridized carbons (Fsp3) is 0. The molecule has 3 aromatic rings. The van der Waals surface area contributed by atoms with Gasteiger partial charge in [0, 0.05) is 12.3 Å². The van der Waals surface area contributed by atoms with Crippen molar-refractivity contribution in [2.75, 3.05) is 0 Å². The number of hydrogen-bond donors (Lipinski definition) is 1. The largest absolute Gasteiger partial charge is 0.405 e. The molecular weight excluding hydrogens is 300 g/mol. The molecule has 2 N–H and O–H groups in total. The molecule has 0 aliphatic rings. The predicted octanol–water partition coefficient (Wildman–Crippen LogP) is 2.83. The molecule has 24 heavy (non-hydrogen) atoms. The van der Waals surface area contributed by atoms with Gasteiger partial charge in [-0.05, 0) is 36.5 Å². The number of benzene rings is 2. The summed E-state index contributed by atoms with van der Waals surface area (Å²) in [5.41, 5.74) is 7.55. The van der Waals surface area contributed by atoms with Gasteiger partial charge in [0.05, 0.1) is 17.1 Å². The molecule has 3 rings (SSSR count). The van der Waals surface area contributed by atoms with Gasteiger partial charge in [-0.1, -0.05) is 36.4 Å². The van der Waals surface area contributed by atoms with Crippen LogP contribution in [0, 0.1) is 0 Å². The molecule has 1 heterocycles. The van der Waals surface area contributed by atoms with Crippen LogP contribution in [0.2, 0.25) is 0 Å². The Hall–Kier alpha value is -3.47. The zero-order valence-corrected chi connectivity index (χ0v) is 12.9. The number of para-hydroxylation sites is 2. The van der Waals surface area contributed by atoms with Gasteiger partial charge in [-0.25, -0.2) is 9.67 Å². The van der Waals surface area contributed by atoms with Crippen LogP contribution in [0.1, 0.15) is 5.69 Å². The van der Waals surface area contributed by atoms with Crippen molar-refractivity contribution in [3.05, 3.63) is 101 Å². The SMILES string of the molecule is NC=CC(=Nc1ccccc1)c1nn(-c2ccccc2)ccc1=O.